The Hall–Kier alpha value is -2.37. The van der Waals surface area contributed by atoms with Gasteiger partial charge in [-0.1, -0.05) is 18.2 Å². The molecule has 0 spiro atoms. The molecule has 0 aliphatic heterocycles. The maximum atomic E-state index is 11.4. The van der Waals surface area contributed by atoms with Crippen LogP contribution < -0.4 is 10.9 Å². The van der Waals surface area contributed by atoms with E-state index in [1.165, 1.54) is 0 Å². The molecule has 0 radical (unpaired) electrons. The SMILES string of the molecule is O=C(CCCCC(=O)C(=O)O)NNc1ccccc1. The summed E-state index contributed by atoms with van der Waals surface area (Å²) in [7, 11) is 0. The average molecular weight is 264 g/mol. The number of rotatable bonds is 8. The second-order valence-corrected chi connectivity index (χ2v) is 3.97. The normalized spacial score (nSPS) is 9.68. The standard InChI is InChI=1S/C13H16N2O4/c16-11(13(18)19)8-4-5-9-12(17)15-14-10-6-2-1-3-7-10/h1-3,6-7,14H,4-5,8-9H2,(H,15,17)(H,18,19). The second kappa shape index (κ2) is 7.86. The minimum absolute atomic E-state index is 0.0330. The summed E-state index contributed by atoms with van der Waals surface area (Å²) in [6.07, 6.45) is 1.08. The van der Waals surface area contributed by atoms with Gasteiger partial charge in [0.05, 0.1) is 5.69 Å². The number of anilines is 1. The first kappa shape index (κ1) is 14.7. The Kier molecular flexibility index (Phi) is 6.08. The summed E-state index contributed by atoms with van der Waals surface area (Å²) in [5.74, 6) is -2.44. The Morgan fingerprint density at radius 2 is 1.63 bits per heavy atom. The van der Waals surface area contributed by atoms with E-state index in [-0.39, 0.29) is 18.7 Å². The summed E-state index contributed by atoms with van der Waals surface area (Å²) in [6.45, 7) is 0. The number of carboxylic acids is 1. The molecule has 0 fully saturated rings. The fourth-order valence-corrected chi connectivity index (χ4v) is 1.40. The van der Waals surface area contributed by atoms with Gasteiger partial charge in [0.1, 0.15) is 0 Å². The van der Waals surface area contributed by atoms with Gasteiger partial charge in [-0.3, -0.25) is 20.4 Å². The van der Waals surface area contributed by atoms with Crippen molar-refractivity contribution in [2.45, 2.75) is 25.7 Å². The number of aliphatic carboxylic acids is 1. The smallest absolute Gasteiger partial charge is 0.372 e. The quantitative estimate of drug-likeness (QED) is 0.374. The van der Waals surface area contributed by atoms with E-state index in [0.29, 0.717) is 12.8 Å². The van der Waals surface area contributed by atoms with E-state index in [1.807, 2.05) is 30.3 Å². The molecule has 6 heteroatoms. The number of hydrogen-bond acceptors (Lipinski definition) is 4. The predicted octanol–water partition coefficient (Wildman–Crippen LogP) is 1.34. The lowest BCUT2D eigenvalue weighted by Gasteiger charge is -2.07. The van der Waals surface area contributed by atoms with E-state index in [0.717, 1.165) is 5.69 Å². The highest BCUT2D eigenvalue weighted by Gasteiger charge is 2.10. The predicted molar refractivity (Wildman–Crippen MR) is 69.3 cm³/mol. The molecule has 3 N–H and O–H groups in total. The lowest BCUT2D eigenvalue weighted by molar-refractivity contribution is -0.149. The Morgan fingerprint density at radius 1 is 1.00 bits per heavy atom. The van der Waals surface area contributed by atoms with E-state index in [1.54, 1.807) is 0 Å². The highest BCUT2D eigenvalue weighted by molar-refractivity contribution is 6.32. The van der Waals surface area contributed by atoms with Crippen molar-refractivity contribution in [3.8, 4) is 0 Å². The van der Waals surface area contributed by atoms with Crippen LogP contribution in [-0.2, 0) is 14.4 Å². The van der Waals surface area contributed by atoms with Crippen LogP contribution in [-0.4, -0.2) is 22.8 Å². The van der Waals surface area contributed by atoms with Crippen molar-refractivity contribution in [1.82, 2.24) is 5.43 Å². The molecule has 0 heterocycles. The topological polar surface area (TPSA) is 95.5 Å². The maximum absolute atomic E-state index is 11.4. The molecule has 0 saturated heterocycles. The third-order valence-corrected chi connectivity index (χ3v) is 2.42. The van der Waals surface area contributed by atoms with Crippen molar-refractivity contribution in [2.24, 2.45) is 0 Å². The van der Waals surface area contributed by atoms with Crippen LogP contribution in [0.15, 0.2) is 30.3 Å². The molecule has 0 aromatic heterocycles. The number of carbonyl (C=O) groups is 3. The zero-order chi connectivity index (χ0) is 14.1. The molecule has 1 rings (SSSR count). The van der Waals surface area contributed by atoms with Gasteiger partial charge in [0.15, 0.2) is 0 Å². The van der Waals surface area contributed by atoms with E-state index in [2.05, 4.69) is 10.9 Å². The van der Waals surface area contributed by atoms with Gasteiger partial charge in [0.2, 0.25) is 11.7 Å². The van der Waals surface area contributed by atoms with E-state index in [9.17, 15) is 14.4 Å². The lowest BCUT2D eigenvalue weighted by atomic mass is 10.1. The molecule has 0 unspecified atom stereocenters. The minimum Gasteiger partial charge on any atom is -0.476 e. The summed E-state index contributed by atoms with van der Waals surface area (Å²) < 4.78 is 0. The first-order valence-electron chi connectivity index (χ1n) is 5.95. The van der Waals surface area contributed by atoms with Gasteiger partial charge in [0, 0.05) is 12.8 Å². The third-order valence-electron chi connectivity index (χ3n) is 2.42. The highest BCUT2D eigenvalue weighted by atomic mass is 16.4. The van der Waals surface area contributed by atoms with Crippen LogP contribution >= 0.6 is 0 Å². The number of carbonyl (C=O) groups excluding carboxylic acids is 2. The number of unbranched alkanes of at least 4 members (excludes halogenated alkanes) is 1. The van der Waals surface area contributed by atoms with Gasteiger partial charge in [-0.25, -0.2) is 4.79 Å². The molecule has 19 heavy (non-hydrogen) atoms. The zero-order valence-corrected chi connectivity index (χ0v) is 10.4. The minimum atomic E-state index is -1.42. The number of carboxylic acid groups (broad SMARTS) is 1. The molecule has 102 valence electrons. The van der Waals surface area contributed by atoms with Crippen molar-refractivity contribution >= 4 is 23.3 Å². The Bertz CT molecular complexity index is 445. The van der Waals surface area contributed by atoms with Gasteiger partial charge >= 0.3 is 5.97 Å². The maximum Gasteiger partial charge on any atom is 0.372 e. The van der Waals surface area contributed by atoms with Gasteiger partial charge in [-0.05, 0) is 25.0 Å². The molecular weight excluding hydrogens is 248 g/mol. The summed E-state index contributed by atoms with van der Waals surface area (Å²) in [5.41, 5.74) is 6.05. The summed E-state index contributed by atoms with van der Waals surface area (Å²) in [5, 5.41) is 8.36. The van der Waals surface area contributed by atoms with E-state index in [4.69, 9.17) is 5.11 Å². The average Bonchev–Trinajstić information content (AvgIpc) is 2.42. The summed E-state index contributed by atoms with van der Waals surface area (Å²) >= 11 is 0. The van der Waals surface area contributed by atoms with E-state index >= 15 is 0 Å². The van der Waals surface area contributed by atoms with Crippen LogP contribution in [0.2, 0.25) is 0 Å². The number of para-hydroxylation sites is 1. The second-order valence-electron chi connectivity index (χ2n) is 3.97. The molecule has 0 aliphatic rings. The van der Waals surface area contributed by atoms with Crippen LogP contribution in [0.3, 0.4) is 0 Å². The van der Waals surface area contributed by atoms with Crippen molar-refractivity contribution < 1.29 is 19.5 Å². The number of hydrogen-bond donors (Lipinski definition) is 3. The van der Waals surface area contributed by atoms with Gasteiger partial charge < -0.3 is 5.11 Å². The number of nitrogens with one attached hydrogen (secondary N) is 2. The van der Waals surface area contributed by atoms with Crippen molar-refractivity contribution in [2.75, 3.05) is 5.43 Å². The molecule has 1 amide bonds. The molecule has 0 saturated carbocycles. The van der Waals surface area contributed by atoms with Crippen LogP contribution in [0.1, 0.15) is 25.7 Å². The fourth-order valence-electron chi connectivity index (χ4n) is 1.40. The first-order valence-corrected chi connectivity index (χ1v) is 5.95. The number of hydrazine groups is 1. The third kappa shape index (κ3) is 6.21. The van der Waals surface area contributed by atoms with Crippen LogP contribution in [0.5, 0.6) is 0 Å². The Morgan fingerprint density at radius 3 is 2.26 bits per heavy atom. The van der Waals surface area contributed by atoms with Crippen LogP contribution in [0.4, 0.5) is 5.69 Å². The van der Waals surface area contributed by atoms with Crippen molar-refractivity contribution in [3.63, 3.8) is 0 Å². The summed E-state index contributed by atoms with van der Waals surface area (Å²) in [4.78, 5) is 32.5. The number of amides is 1. The lowest BCUT2D eigenvalue weighted by Crippen LogP contribution is -2.29. The molecule has 6 nitrogen and oxygen atoms in total. The highest BCUT2D eigenvalue weighted by Crippen LogP contribution is 2.04. The van der Waals surface area contributed by atoms with Gasteiger partial charge in [-0.15, -0.1) is 0 Å². The summed E-state index contributed by atoms with van der Waals surface area (Å²) in [6, 6.07) is 9.17. The molecule has 0 atom stereocenters. The molecule has 0 bridgehead atoms. The number of benzene rings is 1. The number of ketones is 1. The monoisotopic (exact) mass is 264 g/mol. The Labute approximate surface area is 110 Å². The largest absolute Gasteiger partial charge is 0.476 e. The number of Topliss-reactive ketones (excluding diaryl/α,β-unsaturated/α-hetero) is 1. The van der Waals surface area contributed by atoms with Crippen molar-refractivity contribution in [1.29, 1.82) is 0 Å². The van der Waals surface area contributed by atoms with Crippen LogP contribution in [0.25, 0.3) is 0 Å². The van der Waals surface area contributed by atoms with Crippen molar-refractivity contribution in [3.05, 3.63) is 30.3 Å². The van der Waals surface area contributed by atoms with E-state index < -0.39 is 11.8 Å². The molecule has 1 aromatic carbocycles. The fraction of sp³-hybridized carbons (Fsp3) is 0.308. The first-order chi connectivity index (χ1) is 9.09. The van der Waals surface area contributed by atoms with Gasteiger partial charge in [0.25, 0.3) is 0 Å². The van der Waals surface area contributed by atoms with Gasteiger partial charge in [-0.2, -0.15) is 0 Å². The molecule has 1 aromatic rings. The zero-order valence-electron chi connectivity index (χ0n) is 10.4. The molecular formula is C13H16N2O4. The molecule has 0 aliphatic carbocycles. The van der Waals surface area contributed by atoms with Crippen LogP contribution in [0, 0.1) is 0 Å². The Balaban J connectivity index is 2.12.